The summed E-state index contributed by atoms with van der Waals surface area (Å²) in [6.07, 6.45) is 3.10. The molecule has 1 amide bonds. The Morgan fingerprint density at radius 3 is 2.56 bits per heavy atom. The largest absolute Gasteiger partial charge is 0.380 e. The first-order valence-electron chi connectivity index (χ1n) is 7.92. The van der Waals surface area contributed by atoms with E-state index in [2.05, 4.69) is 15.6 Å². The zero-order valence-corrected chi connectivity index (χ0v) is 13.8. The molecular weight excluding hydrogens is 317 g/mol. The molecule has 0 bridgehead atoms. The van der Waals surface area contributed by atoms with Crippen LogP contribution in [0.1, 0.15) is 21.5 Å². The number of pyridine rings is 1. The number of carbonyl (C=O) groups excluding carboxylic acids is 1. The molecule has 3 aromatic rings. The Balaban J connectivity index is 1.67. The molecule has 0 spiro atoms. The summed E-state index contributed by atoms with van der Waals surface area (Å²) >= 11 is 0. The van der Waals surface area contributed by atoms with Gasteiger partial charge in [0.25, 0.3) is 5.91 Å². The predicted octanol–water partition coefficient (Wildman–Crippen LogP) is 4.39. The van der Waals surface area contributed by atoms with Crippen molar-refractivity contribution in [2.45, 2.75) is 13.5 Å². The maximum Gasteiger partial charge on any atom is 0.257 e. The smallest absolute Gasteiger partial charge is 0.257 e. The quantitative estimate of drug-likeness (QED) is 0.727. The molecule has 0 saturated carbocycles. The standard InChI is InChI=1S/C20H18FN3O/c1-14-6-8-17(9-7-14)24-20(25)16-10-18(13-22-11-16)23-12-15-4-2-3-5-19(15)21/h2-11,13,23H,12H2,1H3,(H,24,25). The van der Waals surface area contributed by atoms with Gasteiger partial charge in [-0.05, 0) is 31.2 Å². The van der Waals surface area contributed by atoms with Crippen molar-refractivity contribution in [1.29, 1.82) is 0 Å². The van der Waals surface area contributed by atoms with Gasteiger partial charge in [-0.2, -0.15) is 0 Å². The van der Waals surface area contributed by atoms with E-state index in [1.807, 2.05) is 31.2 Å². The van der Waals surface area contributed by atoms with E-state index in [1.54, 1.807) is 30.5 Å². The first kappa shape index (κ1) is 16.6. The Kier molecular flexibility index (Phi) is 5.04. The lowest BCUT2D eigenvalue weighted by molar-refractivity contribution is 0.102. The average molecular weight is 335 g/mol. The van der Waals surface area contributed by atoms with Crippen molar-refractivity contribution in [3.63, 3.8) is 0 Å². The van der Waals surface area contributed by atoms with E-state index in [0.29, 0.717) is 23.4 Å². The van der Waals surface area contributed by atoms with E-state index in [9.17, 15) is 9.18 Å². The molecule has 4 nitrogen and oxygen atoms in total. The number of aromatic nitrogens is 1. The van der Waals surface area contributed by atoms with Gasteiger partial charge in [0.05, 0.1) is 11.3 Å². The Morgan fingerprint density at radius 1 is 1.04 bits per heavy atom. The van der Waals surface area contributed by atoms with Crippen LogP contribution in [0.2, 0.25) is 0 Å². The van der Waals surface area contributed by atoms with E-state index < -0.39 is 0 Å². The zero-order chi connectivity index (χ0) is 17.6. The third-order valence-corrected chi connectivity index (χ3v) is 3.75. The third-order valence-electron chi connectivity index (χ3n) is 3.75. The number of anilines is 2. The van der Waals surface area contributed by atoms with Gasteiger partial charge in [-0.25, -0.2) is 4.39 Å². The minimum absolute atomic E-state index is 0.245. The fourth-order valence-electron chi connectivity index (χ4n) is 2.34. The van der Waals surface area contributed by atoms with Crippen molar-refractivity contribution in [2.24, 2.45) is 0 Å². The van der Waals surface area contributed by atoms with Crippen molar-refractivity contribution in [3.8, 4) is 0 Å². The molecule has 1 heterocycles. The summed E-state index contributed by atoms with van der Waals surface area (Å²) in [6, 6.07) is 15.8. The number of aryl methyl sites for hydroxylation is 1. The molecule has 2 aromatic carbocycles. The van der Waals surface area contributed by atoms with E-state index in [4.69, 9.17) is 0 Å². The molecule has 0 atom stereocenters. The first-order chi connectivity index (χ1) is 12.1. The van der Waals surface area contributed by atoms with Crippen LogP contribution >= 0.6 is 0 Å². The van der Waals surface area contributed by atoms with Gasteiger partial charge < -0.3 is 10.6 Å². The topological polar surface area (TPSA) is 54.0 Å². The molecule has 0 unspecified atom stereocenters. The molecule has 2 N–H and O–H groups in total. The van der Waals surface area contributed by atoms with E-state index >= 15 is 0 Å². The van der Waals surface area contributed by atoms with Crippen LogP contribution in [0.3, 0.4) is 0 Å². The van der Waals surface area contributed by atoms with Gasteiger partial charge in [0.1, 0.15) is 5.82 Å². The highest BCUT2D eigenvalue weighted by Gasteiger charge is 2.08. The summed E-state index contributed by atoms with van der Waals surface area (Å²) in [5.41, 5.74) is 3.48. The maximum absolute atomic E-state index is 13.7. The van der Waals surface area contributed by atoms with Crippen LogP contribution < -0.4 is 10.6 Å². The average Bonchev–Trinajstić information content (AvgIpc) is 2.63. The molecule has 1 aromatic heterocycles. The second-order valence-corrected chi connectivity index (χ2v) is 5.73. The molecule has 0 fully saturated rings. The Morgan fingerprint density at radius 2 is 1.80 bits per heavy atom. The minimum atomic E-state index is -0.267. The van der Waals surface area contributed by atoms with Crippen molar-refractivity contribution in [3.05, 3.63) is 89.5 Å². The first-order valence-corrected chi connectivity index (χ1v) is 7.92. The van der Waals surface area contributed by atoms with Gasteiger partial charge in [-0.1, -0.05) is 35.9 Å². The fourth-order valence-corrected chi connectivity index (χ4v) is 2.34. The van der Waals surface area contributed by atoms with Crippen LogP contribution in [0, 0.1) is 12.7 Å². The van der Waals surface area contributed by atoms with Crippen LogP contribution in [-0.4, -0.2) is 10.9 Å². The molecule has 126 valence electrons. The maximum atomic E-state index is 13.7. The molecular formula is C20H18FN3O. The number of amides is 1. The predicted molar refractivity (Wildman–Crippen MR) is 97.1 cm³/mol. The number of halogens is 1. The number of hydrogen-bond acceptors (Lipinski definition) is 3. The monoisotopic (exact) mass is 335 g/mol. The lowest BCUT2D eigenvalue weighted by Gasteiger charge is -2.09. The fraction of sp³-hybridized carbons (Fsp3) is 0.100. The number of hydrogen-bond donors (Lipinski definition) is 2. The van der Waals surface area contributed by atoms with Crippen LogP contribution in [0.4, 0.5) is 15.8 Å². The second-order valence-electron chi connectivity index (χ2n) is 5.73. The highest BCUT2D eigenvalue weighted by atomic mass is 19.1. The van der Waals surface area contributed by atoms with Gasteiger partial charge in [0, 0.05) is 30.2 Å². The van der Waals surface area contributed by atoms with Gasteiger partial charge in [-0.3, -0.25) is 9.78 Å². The lowest BCUT2D eigenvalue weighted by atomic mass is 10.2. The Labute approximate surface area is 145 Å². The van der Waals surface area contributed by atoms with Crippen LogP contribution in [-0.2, 0) is 6.54 Å². The minimum Gasteiger partial charge on any atom is -0.380 e. The van der Waals surface area contributed by atoms with E-state index in [1.165, 1.54) is 12.3 Å². The molecule has 25 heavy (non-hydrogen) atoms. The van der Waals surface area contributed by atoms with Gasteiger partial charge in [0.15, 0.2) is 0 Å². The van der Waals surface area contributed by atoms with E-state index in [0.717, 1.165) is 11.3 Å². The summed E-state index contributed by atoms with van der Waals surface area (Å²) < 4.78 is 13.7. The van der Waals surface area contributed by atoms with Crippen LogP contribution in [0.25, 0.3) is 0 Å². The summed E-state index contributed by atoms with van der Waals surface area (Å²) in [6.45, 7) is 2.30. The van der Waals surface area contributed by atoms with Crippen molar-refractivity contribution in [1.82, 2.24) is 4.98 Å². The zero-order valence-electron chi connectivity index (χ0n) is 13.8. The molecule has 0 saturated heterocycles. The van der Waals surface area contributed by atoms with Gasteiger partial charge >= 0.3 is 0 Å². The number of carbonyl (C=O) groups is 1. The van der Waals surface area contributed by atoms with Crippen LogP contribution in [0.5, 0.6) is 0 Å². The number of rotatable bonds is 5. The second kappa shape index (κ2) is 7.57. The van der Waals surface area contributed by atoms with E-state index in [-0.39, 0.29) is 11.7 Å². The highest BCUT2D eigenvalue weighted by Crippen LogP contribution is 2.15. The summed E-state index contributed by atoms with van der Waals surface area (Å²) in [7, 11) is 0. The normalized spacial score (nSPS) is 10.3. The Bertz CT molecular complexity index is 878. The SMILES string of the molecule is Cc1ccc(NC(=O)c2cncc(NCc3ccccc3F)c2)cc1. The van der Waals surface area contributed by atoms with Gasteiger partial charge in [0.2, 0.25) is 0 Å². The number of nitrogens with zero attached hydrogens (tertiary/aromatic N) is 1. The van der Waals surface area contributed by atoms with Gasteiger partial charge in [-0.15, -0.1) is 0 Å². The summed E-state index contributed by atoms with van der Waals surface area (Å²) in [4.78, 5) is 16.4. The van der Waals surface area contributed by atoms with Crippen molar-refractivity contribution >= 4 is 17.3 Å². The molecule has 0 radical (unpaired) electrons. The molecule has 0 aliphatic carbocycles. The molecule has 3 rings (SSSR count). The molecule has 0 aliphatic rings. The Hall–Kier alpha value is -3.21. The molecule has 0 aliphatic heterocycles. The lowest BCUT2D eigenvalue weighted by Crippen LogP contribution is -2.13. The molecule has 5 heteroatoms. The number of nitrogens with one attached hydrogen (secondary N) is 2. The van der Waals surface area contributed by atoms with Crippen LogP contribution in [0.15, 0.2) is 67.0 Å². The van der Waals surface area contributed by atoms with Crippen molar-refractivity contribution < 1.29 is 9.18 Å². The summed E-state index contributed by atoms with van der Waals surface area (Å²) in [5.74, 6) is -0.512. The van der Waals surface area contributed by atoms with Crippen molar-refractivity contribution in [2.75, 3.05) is 10.6 Å². The summed E-state index contributed by atoms with van der Waals surface area (Å²) in [5, 5.41) is 5.91. The third kappa shape index (κ3) is 4.41. The highest BCUT2D eigenvalue weighted by molar-refractivity contribution is 6.04. The number of benzene rings is 2.